The number of rotatable bonds is 7. The van der Waals surface area contributed by atoms with E-state index < -0.39 is 30.0 Å². The van der Waals surface area contributed by atoms with Crippen LogP contribution in [0, 0.1) is 11.3 Å². The zero-order chi connectivity index (χ0) is 33.7. The van der Waals surface area contributed by atoms with Gasteiger partial charge >= 0.3 is 0 Å². The lowest BCUT2D eigenvalue weighted by Gasteiger charge is -2.52. The number of anilines is 2. The van der Waals surface area contributed by atoms with Gasteiger partial charge in [0.25, 0.3) is 5.91 Å². The minimum atomic E-state index is -1.06. The molecule has 7 rings (SSSR count). The van der Waals surface area contributed by atoms with Crippen LogP contribution in [0.3, 0.4) is 0 Å². The number of nitrogens with zero attached hydrogens (tertiary/aromatic N) is 7. The van der Waals surface area contributed by atoms with Crippen LogP contribution < -0.4 is 14.5 Å². The molecule has 0 aliphatic carbocycles. The quantitative estimate of drug-likeness (QED) is 0.224. The van der Waals surface area contributed by atoms with Crippen LogP contribution in [-0.4, -0.2) is 97.4 Å². The van der Waals surface area contributed by atoms with Crippen molar-refractivity contribution in [1.29, 1.82) is 5.26 Å². The zero-order valence-electron chi connectivity index (χ0n) is 27.0. The maximum Gasteiger partial charge on any atom is 0.282 e. The van der Waals surface area contributed by atoms with E-state index in [9.17, 15) is 18.8 Å². The number of hydrogen-bond donors (Lipinski definition) is 0. The predicted molar refractivity (Wildman–Crippen MR) is 184 cm³/mol. The number of aromatic nitrogens is 2. The molecule has 2 saturated heterocycles. The Kier molecular flexibility index (Phi) is 8.34. The van der Waals surface area contributed by atoms with E-state index in [1.165, 1.54) is 4.90 Å². The topological polar surface area (TPSA) is 88.8 Å². The van der Waals surface area contributed by atoms with Crippen molar-refractivity contribution in [3.63, 3.8) is 0 Å². The number of halogens is 3. The maximum atomic E-state index is 14.3. The molecule has 1 atom stereocenters. The van der Waals surface area contributed by atoms with Gasteiger partial charge < -0.3 is 19.4 Å². The van der Waals surface area contributed by atoms with Gasteiger partial charge in [-0.1, -0.05) is 48.5 Å². The molecule has 0 radical (unpaired) electrons. The van der Waals surface area contributed by atoms with Crippen molar-refractivity contribution in [3.05, 3.63) is 65.5 Å². The Bertz CT molecular complexity index is 1990. The standard InChI is InChI=1S/C36H36ClF2N7O2/c1-22(39)34(47)46-15-14-44(18-24(46)12-13-40)33-31-29(41-35(42-33)45-20-36(19-38,21-45)43(2)3)17-27(26-10-6-16-48-32(26)31)25-9-4-7-23-8-5-11-28(37)30(23)25/h4-5,7-9,11,17,24H,1,6,10,12,14-16,18-21H2,2-3H3/t24-/m0/s1. The van der Waals surface area contributed by atoms with Crippen molar-refractivity contribution in [2.24, 2.45) is 0 Å². The van der Waals surface area contributed by atoms with Gasteiger partial charge in [-0.3, -0.25) is 9.69 Å². The van der Waals surface area contributed by atoms with Crippen LogP contribution in [-0.2, 0) is 11.2 Å². The number of fused-ring (bicyclic) bond motifs is 4. The minimum Gasteiger partial charge on any atom is -0.492 e. The van der Waals surface area contributed by atoms with Gasteiger partial charge in [0.15, 0.2) is 5.83 Å². The Hall–Kier alpha value is -4.53. The van der Waals surface area contributed by atoms with Crippen LogP contribution in [0.15, 0.2) is 54.9 Å². The molecule has 9 nitrogen and oxygen atoms in total. The molecule has 4 aromatic rings. The summed E-state index contributed by atoms with van der Waals surface area (Å²) in [6.07, 6.45) is 1.62. The molecule has 48 heavy (non-hydrogen) atoms. The van der Waals surface area contributed by atoms with Gasteiger partial charge in [-0.15, -0.1) is 0 Å². The van der Waals surface area contributed by atoms with Crippen LogP contribution in [0.2, 0.25) is 5.02 Å². The average molecular weight is 672 g/mol. The monoisotopic (exact) mass is 671 g/mol. The van der Waals surface area contributed by atoms with Crippen molar-refractivity contribution in [2.75, 3.05) is 69.9 Å². The first-order valence-corrected chi connectivity index (χ1v) is 16.5. The molecule has 0 N–H and O–H groups in total. The lowest BCUT2D eigenvalue weighted by Crippen LogP contribution is -2.70. The van der Waals surface area contributed by atoms with Crippen LogP contribution in [0.5, 0.6) is 5.75 Å². The zero-order valence-corrected chi connectivity index (χ0v) is 27.7. The second-order valence-corrected chi connectivity index (χ2v) is 13.4. The second-order valence-electron chi connectivity index (χ2n) is 13.0. The fourth-order valence-electron chi connectivity index (χ4n) is 7.28. The first-order chi connectivity index (χ1) is 23.2. The summed E-state index contributed by atoms with van der Waals surface area (Å²) in [5.41, 5.74) is 3.00. The highest BCUT2D eigenvalue weighted by atomic mass is 35.5. The van der Waals surface area contributed by atoms with E-state index in [-0.39, 0.29) is 19.5 Å². The second kappa shape index (κ2) is 12.5. The molecule has 2 fully saturated rings. The van der Waals surface area contributed by atoms with E-state index in [0.29, 0.717) is 54.3 Å². The summed E-state index contributed by atoms with van der Waals surface area (Å²) >= 11 is 6.81. The van der Waals surface area contributed by atoms with Crippen molar-refractivity contribution in [2.45, 2.75) is 30.8 Å². The number of hydrogen-bond acceptors (Lipinski definition) is 8. The molecule has 0 unspecified atom stereocenters. The van der Waals surface area contributed by atoms with Crippen molar-refractivity contribution < 1.29 is 18.3 Å². The highest BCUT2D eigenvalue weighted by Gasteiger charge is 2.47. The number of benzene rings is 3. The van der Waals surface area contributed by atoms with Crippen LogP contribution >= 0.6 is 11.6 Å². The summed E-state index contributed by atoms with van der Waals surface area (Å²) in [4.78, 5) is 30.1. The number of alkyl halides is 1. The average Bonchev–Trinajstić information content (AvgIpc) is 3.07. The largest absolute Gasteiger partial charge is 0.492 e. The molecule has 3 aromatic carbocycles. The van der Waals surface area contributed by atoms with Gasteiger partial charge in [-0.2, -0.15) is 10.2 Å². The minimum absolute atomic E-state index is 0.0139. The summed E-state index contributed by atoms with van der Waals surface area (Å²) in [5.74, 6) is -0.114. The van der Waals surface area contributed by atoms with E-state index in [4.69, 9.17) is 26.3 Å². The maximum absolute atomic E-state index is 14.3. The molecule has 0 spiro atoms. The van der Waals surface area contributed by atoms with Crippen LogP contribution in [0.25, 0.3) is 32.8 Å². The first-order valence-electron chi connectivity index (χ1n) is 16.1. The Morgan fingerprint density at radius 3 is 2.62 bits per heavy atom. The van der Waals surface area contributed by atoms with E-state index in [2.05, 4.69) is 24.8 Å². The van der Waals surface area contributed by atoms with Gasteiger partial charge in [-0.05, 0) is 55.6 Å². The summed E-state index contributed by atoms with van der Waals surface area (Å²) < 4.78 is 34.7. The number of ether oxygens (including phenoxy) is 1. The molecule has 4 heterocycles. The summed E-state index contributed by atoms with van der Waals surface area (Å²) in [7, 11) is 3.74. The smallest absolute Gasteiger partial charge is 0.282 e. The number of carbonyl (C=O) groups is 1. The highest BCUT2D eigenvalue weighted by molar-refractivity contribution is 6.36. The third kappa shape index (κ3) is 5.28. The fourth-order valence-corrected chi connectivity index (χ4v) is 7.56. The van der Waals surface area contributed by atoms with Gasteiger partial charge in [0, 0.05) is 48.7 Å². The normalized spacial score (nSPS) is 18.8. The molecule has 3 aliphatic rings. The van der Waals surface area contributed by atoms with Gasteiger partial charge in [0.2, 0.25) is 5.95 Å². The molecule has 0 saturated carbocycles. The Morgan fingerprint density at radius 2 is 1.92 bits per heavy atom. The number of likely N-dealkylation sites (N-methyl/N-ethyl adjacent to an activating group) is 1. The third-order valence-electron chi connectivity index (χ3n) is 10.0. The molecule has 1 amide bonds. The van der Waals surface area contributed by atoms with Crippen molar-refractivity contribution >= 4 is 50.9 Å². The number of piperazine rings is 1. The van der Waals surface area contributed by atoms with E-state index in [1.54, 1.807) is 0 Å². The van der Waals surface area contributed by atoms with Gasteiger partial charge in [0.1, 0.15) is 18.2 Å². The molecule has 12 heteroatoms. The fraction of sp³-hybridized carbons (Fsp3) is 0.389. The Balaban J connectivity index is 1.43. The van der Waals surface area contributed by atoms with E-state index >= 15 is 0 Å². The molecule has 3 aliphatic heterocycles. The molecular formula is C36H36ClF2N7O2. The number of amides is 1. The summed E-state index contributed by atoms with van der Waals surface area (Å²) in [6, 6.07) is 15.6. The molecule has 1 aromatic heterocycles. The number of nitriles is 1. The summed E-state index contributed by atoms with van der Waals surface area (Å²) in [6.45, 7) is 4.80. The molecular weight excluding hydrogens is 636 g/mol. The molecule has 248 valence electrons. The lowest BCUT2D eigenvalue weighted by molar-refractivity contribution is -0.131. The lowest BCUT2D eigenvalue weighted by atomic mass is 9.89. The van der Waals surface area contributed by atoms with E-state index in [1.807, 2.05) is 59.1 Å². The number of carbonyl (C=O) groups excluding carboxylic acids is 1. The van der Waals surface area contributed by atoms with E-state index in [0.717, 1.165) is 45.7 Å². The van der Waals surface area contributed by atoms with Crippen LogP contribution in [0.4, 0.5) is 20.5 Å². The third-order valence-corrected chi connectivity index (χ3v) is 10.3. The first kappa shape index (κ1) is 32.0. The molecule has 0 bridgehead atoms. The van der Waals surface area contributed by atoms with Crippen molar-refractivity contribution in [1.82, 2.24) is 19.8 Å². The van der Waals surface area contributed by atoms with Crippen molar-refractivity contribution in [3.8, 4) is 22.9 Å². The van der Waals surface area contributed by atoms with Gasteiger partial charge in [-0.25, -0.2) is 13.8 Å². The highest BCUT2D eigenvalue weighted by Crippen LogP contribution is 2.47. The Labute approximate surface area is 282 Å². The van der Waals surface area contributed by atoms with Gasteiger partial charge in [0.05, 0.1) is 41.6 Å². The predicted octanol–water partition coefficient (Wildman–Crippen LogP) is 5.93. The van der Waals surface area contributed by atoms with Crippen LogP contribution in [0.1, 0.15) is 18.4 Å². The SMILES string of the molecule is C=C(F)C(=O)N1CCN(c2nc(N3CC(CF)(N(C)C)C3)nc3cc(-c4cccc5cccc(Cl)c45)c4c(c23)OCCC4)C[C@@H]1CC#N. The summed E-state index contributed by atoms with van der Waals surface area (Å²) in [5, 5.41) is 13.0. The Morgan fingerprint density at radius 1 is 1.15 bits per heavy atom.